The van der Waals surface area contributed by atoms with Crippen LogP contribution in [0.1, 0.15) is 52.4 Å². The van der Waals surface area contributed by atoms with E-state index in [1.54, 1.807) is 6.92 Å². The van der Waals surface area contributed by atoms with Gasteiger partial charge in [-0.25, -0.2) is 5.48 Å². The number of allylic oxidation sites excluding steroid dienone is 2. The number of hydroxylamine groups is 1. The molecule has 98 valence electrons. The maximum absolute atomic E-state index is 11.0. The van der Waals surface area contributed by atoms with Crippen LogP contribution in [-0.4, -0.2) is 12.5 Å². The summed E-state index contributed by atoms with van der Waals surface area (Å²) in [5.41, 5.74) is 2.81. The molecular formula is C14H25NO2. The number of hydrogen-bond acceptors (Lipinski definition) is 2. The van der Waals surface area contributed by atoms with Crippen molar-refractivity contribution in [2.24, 2.45) is 0 Å². The number of nitrogens with one attached hydrogen (secondary N) is 1. The van der Waals surface area contributed by atoms with Crippen LogP contribution in [0.25, 0.3) is 0 Å². The summed E-state index contributed by atoms with van der Waals surface area (Å²) in [6.07, 6.45) is 11.3. The van der Waals surface area contributed by atoms with E-state index in [1.165, 1.54) is 19.3 Å². The summed E-state index contributed by atoms with van der Waals surface area (Å²) in [6, 6.07) is 0. The van der Waals surface area contributed by atoms with Crippen molar-refractivity contribution >= 4 is 5.91 Å². The second-order valence-electron chi connectivity index (χ2n) is 4.17. The minimum absolute atomic E-state index is 0.243. The van der Waals surface area contributed by atoms with Gasteiger partial charge in [0.05, 0.1) is 6.61 Å². The Hall–Kier alpha value is -1.09. The fraction of sp³-hybridized carbons (Fsp3) is 0.643. The molecule has 0 heterocycles. The molecule has 17 heavy (non-hydrogen) atoms. The first-order chi connectivity index (χ1) is 8.18. The highest BCUT2D eigenvalue weighted by Crippen LogP contribution is 2.02. The van der Waals surface area contributed by atoms with Crippen LogP contribution in [0.5, 0.6) is 0 Å². The van der Waals surface area contributed by atoms with Crippen molar-refractivity contribution in [3.05, 3.63) is 24.3 Å². The summed E-state index contributed by atoms with van der Waals surface area (Å²) in [6.45, 7) is 7.92. The quantitative estimate of drug-likeness (QED) is 0.274. The van der Waals surface area contributed by atoms with Crippen molar-refractivity contribution in [2.75, 3.05) is 6.61 Å². The lowest BCUT2D eigenvalue weighted by molar-refractivity contribution is -0.129. The van der Waals surface area contributed by atoms with Gasteiger partial charge in [0, 0.05) is 5.57 Å². The first-order valence-corrected chi connectivity index (χ1v) is 6.41. The lowest BCUT2D eigenvalue weighted by Crippen LogP contribution is -2.24. The van der Waals surface area contributed by atoms with Crippen LogP contribution >= 0.6 is 0 Å². The van der Waals surface area contributed by atoms with E-state index in [9.17, 15) is 4.79 Å². The van der Waals surface area contributed by atoms with Crippen LogP contribution in [0, 0.1) is 0 Å². The van der Waals surface area contributed by atoms with Gasteiger partial charge in [-0.05, 0) is 32.6 Å². The largest absolute Gasteiger partial charge is 0.273 e. The number of carbonyl (C=O) groups is 1. The Kier molecular flexibility index (Phi) is 10.7. The molecule has 0 bridgehead atoms. The average Bonchev–Trinajstić information content (AvgIpc) is 2.31. The highest BCUT2D eigenvalue weighted by Gasteiger charge is 1.99. The van der Waals surface area contributed by atoms with Crippen molar-refractivity contribution in [3.63, 3.8) is 0 Å². The molecule has 1 N–H and O–H groups in total. The summed E-state index contributed by atoms with van der Waals surface area (Å²) in [7, 11) is 0. The molecule has 0 aliphatic carbocycles. The zero-order valence-electron chi connectivity index (χ0n) is 11.1. The average molecular weight is 239 g/mol. The number of rotatable bonds is 10. The number of hydrogen-bond donors (Lipinski definition) is 1. The van der Waals surface area contributed by atoms with Gasteiger partial charge in [-0.2, -0.15) is 0 Å². The molecule has 0 aromatic carbocycles. The number of amides is 1. The number of unbranched alkanes of at least 4 members (excludes halogenated alkanes) is 4. The molecule has 0 aromatic rings. The van der Waals surface area contributed by atoms with E-state index < -0.39 is 0 Å². The van der Waals surface area contributed by atoms with E-state index in [2.05, 4.69) is 31.1 Å². The Morgan fingerprint density at radius 3 is 2.59 bits per heavy atom. The Labute approximate surface area is 105 Å². The third kappa shape index (κ3) is 11.2. The molecule has 3 heteroatoms. The van der Waals surface area contributed by atoms with Crippen molar-refractivity contribution < 1.29 is 9.63 Å². The molecule has 0 saturated carbocycles. The molecule has 0 fully saturated rings. The first-order valence-electron chi connectivity index (χ1n) is 6.41. The number of carbonyl (C=O) groups excluding carboxylic acids is 1. The van der Waals surface area contributed by atoms with E-state index in [1.807, 2.05) is 0 Å². The van der Waals surface area contributed by atoms with Crippen molar-refractivity contribution in [1.29, 1.82) is 0 Å². The normalized spacial score (nSPS) is 10.7. The molecule has 0 unspecified atom stereocenters. The molecule has 0 radical (unpaired) electrons. The predicted octanol–water partition coefficient (Wildman–Crippen LogP) is 3.53. The van der Waals surface area contributed by atoms with Crippen LogP contribution in [0.4, 0.5) is 0 Å². The highest BCUT2D eigenvalue weighted by molar-refractivity contribution is 5.91. The zero-order valence-corrected chi connectivity index (χ0v) is 11.1. The maximum atomic E-state index is 11.0. The van der Waals surface area contributed by atoms with Crippen LogP contribution in [0.2, 0.25) is 0 Å². The third-order valence-electron chi connectivity index (χ3n) is 2.29. The van der Waals surface area contributed by atoms with Gasteiger partial charge in [-0.3, -0.25) is 9.63 Å². The second kappa shape index (κ2) is 11.4. The minimum atomic E-state index is -0.243. The molecule has 0 atom stereocenters. The molecule has 0 spiro atoms. The van der Waals surface area contributed by atoms with E-state index in [0.29, 0.717) is 12.2 Å². The lowest BCUT2D eigenvalue weighted by Gasteiger charge is -2.04. The van der Waals surface area contributed by atoms with Gasteiger partial charge < -0.3 is 0 Å². The highest BCUT2D eigenvalue weighted by atomic mass is 16.6. The van der Waals surface area contributed by atoms with Crippen LogP contribution in [0.3, 0.4) is 0 Å². The van der Waals surface area contributed by atoms with Gasteiger partial charge >= 0.3 is 0 Å². The van der Waals surface area contributed by atoms with Crippen molar-refractivity contribution in [3.8, 4) is 0 Å². The standard InChI is InChI=1S/C14H25NO2/c1-4-5-6-7-8-9-10-11-12-17-15-14(16)13(2)3/h6-7H,2,4-5,8-12H2,1,3H3,(H,15,16)/b7-6+. The minimum Gasteiger partial charge on any atom is -0.273 e. The summed E-state index contributed by atoms with van der Waals surface area (Å²) in [5.74, 6) is -0.243. The second-order valence-corrected chi connectivity index (χ2v) is 4.17. The van der Waals surface area contributed by atoms with E-state index in [4.69, 9.17) is 4.84 Å². The fourth-order valence-corrected chi connectivity index (χ4v) is 1.22. The lowest BCUT2D eigenvalue weighted by atomic mass is 10.2. The zero-order chi connectivity index (χ0) is 12.9. The smallest absolute Gasteiger partial charge is 0.269 e. The SMILES string of the molecule is C=C(C)C(=O)NOCCCCC/C=C/CCC. The Balaban J connectivity index is 3.19. The van der Waals surface area contributed by atoms with Crippen LogP contribution in [-0.2, 0) is 9.63 Å². The molecular weight excluding hydrogens is 214 g/mol. The summed E-state index contributed by atoms with van der Waals surface area (Å²) >= 11 is 0. The van der Waals surface area contributed by atoms with Crippen molar-refractivity contribution in [2.45, 2.75) is 52.4 Å². The van der Waals surface area contributed by atoms with Gasteiger partial charge in [0.25, 0.3) is 5.91 Å². The molecule has 0 aliphatic heterocycles. The van der Waals surface area contributed by atoms with E-state index in [0.717, 1.165) is 19.3 Å². The fourth-order valence-electron chi connectivity index (χ4n) is 1.22. The van der Waals surface area contributed by atoms with Gasteiger partial charge in [0.2, 0.25) is 0 Å². The Morgan fingerprint density at radius 2 is 1.94 bits per heavy atom. The summed E-state index contributed by atoms with van der Waals surface area (Å²) < 4.78 is 0. The molecule has 0 rings (SSSR count). The Morgan fingerprint density at radius 1 is 1.24 bits per heavy atom. The monoisotopic (exact) mass is 239 g/mol. The Bertz CT molecular complexity index is 247. The van der Waals surface area contributed by atoms with Gasteiger partial charge in [-0.15, -0.1) is 0 Å². The van der Waals surface area contributed by atoms with Gasteiger partial charge in [0.15, 0.2) is 0 Å². The van der Waals surface area contributed by atoms with Crippen LogP contribution in [0.15, 0.2) is 24.3 Å². The molecule has 0 aliphatic rings. The molecule has 1 amide bonds. The third-order valence-corrected chi connectivity index (χ3v) is 2.29. The van der Waals surface area contributed by atoms with Gasteiger partial charge in [-0.1, -0.05) is 38.5 Å². The first kappa shape index (κ1) is 15.9. The van der Waals surface area contributed by atoms with Gasteiger partial charge in [0.1, 0.15) is 0 Å². The van der Waals surface area contributed by atoms with E-state index in [-0.39, 0.29) is 5.91 Å². The molecule has 0 saturated heterocycles. The van der Waals surface area contributed by atoms with E-state index >= 15 is 0 Å². The van der Waals surface area contributed by atoms with Crippen molar-refractivity contribution in [1.82, 2.24) is 5.48 Å². The topological polar surface area (TPSA) is 38.3 Å². The summed E-state index contributed by atoms with van der Waals surface area (Å²) in [4.78, 5) is 16.1. The molecule has 0 aromatic heterocycles. The predicted molar refractivity (Wildman–Crippen MR) is 71.4 cm³/mol. The molecule has 3 nitrogen and oxygen atoms in total. The summed E-state index contributed by atoms with van der Waals surface area (Å²) in [5, 5.41) is 0. The maximum Gasteiger partial charge on any atom is 0.269 e. The van der Waals surface area contributed by atoms with Crippen LogP contribution < -0.4 is 5.48 Å².